The standard InChI is InChI=1S/C19H30N2O3S/c1-4-14-25(23,24)20-12-10-18(11-13-20)19(22)21(16(2)3)15-17-8-6-5-7-9-17/h5-9,16,18H,4,10-15H2,1-3H3. The Bertz CT molecular complexity index is 651. The van der Waals surface area contributed by atoms with Crippen molar-refractivity contribution in [2.24, 2.45) is 5.92 Å². The van der Waals surface area contributed by atoms with Gasteiger partial charge < -0.3 is 4.90 Å². The van der Waals surface area contributed by atoms with E-state index in [-0.39, 0.29) is 23.6 Å². The minimum atomic E-state index is -3.16. The zero-order valence-corrected chi connectivity index (χ0v) is 16.3. The summed E-state index contributed by atoms with van der Waals surface area (Å²) >= 11 is 0. The fourth-order valence-corrected chi connectivity index (χ4v) is 4.84. The molecule has 1 aromatic rings. The van der Waals surface area contributed by atoms with E-state index in [0.717, 1.165) is 5.56 Å². The summed E-state index contributed by atoms with van der Waals surface area (Å²) in [6, 6.07) is 10.1. The SMILES string of the molecule is CCCS(=O)(=O)N1CCC(C(=O)N(Cc2ccccc2)C(C)C)CC1. The predicted molar refractivity (Wildman–Crippen MR) is 101 cm³/mol. The van der Waals surface area contributed by atoms with Crippen molar-refractivity contribution in [3.63, 3.8) is 0 Å². The van der Waals surface area contributed by atoms with E-state index in [4.69, 9.17) is 0 Å². The fourth-order valence-electron chi connectivity index (χ4n) is 3.30. The molecule has 1 aliphatic heterocycles. The molecule has 0 saturated carbocycles. The van der Waals surface area contributed by atoms with Gasteiger partial charge in [-0.05, 0) is 38.7 Å². The number of hydrogen-bond donors (Lipinski definition) is 0. The number of benzene rings is 1. The van der Waals surface area contributed by atoms with E-state index in [0.29, 0.717) is 38.9 Å². The van der Waals surface area contributed by atoms with Crippen LogP contribution in [0.3, 0.4) is 0 Å². The zero-order valence-electron chi connectivity index (χ0n) is 15.5. The molecule has 1 saturated heterocycles. The molecule has 0 unspecified atom stereocenters. The van der Waals surface area contributed by atoms with Crippen LogP contribution in [0.15, 0.2) is 30.3 Å². The van der Waals surface area contributed by atoms with Crippen molar-refractivity contribution in [3.8, 4) is 0 Å². The molecule has 0 spiro atoms. The molecule has 5 nitrogen and oxygen atoms in total. The van der Waals surface area contributed by atoms with Gasteiger partial charge >= 0.3 is 0 Å². The predicted octanol–water partition coefficient (Wildman–Crippen LogP) is 2.88. The maximum absolute atomic E-state index is 13.0. The second kappa shape index (κ2) is 8.81. The average molecular weight is 367 g/mol. The molecule has 1 aliphatic rings. The van der Waals surface area contributed by atoms with Gasteiger partial charge in [0, 0.05) is 31.6 Å². The molecular formula is C19H30N2O3S. The largest absolute Gasteiger partial charge is 0.336 e. The third-order valence-electron chi connectivity index (χ3n) is 4.76. The highest BCUT2D eigenvalue weighted by Crippen LogP contribution is 2.24. The number of rotatable bonds is 7. The summed E-state index contributed by atoms with van der Waals surface area (Å²) in [6.45, 7) is 7.44. The first-order valence-electron chi connectivity index (χ1n) is 9.17. The van der Waals surface area contributed by atoms with Crippen molar-refractivity contribution < 1.29 is 13.2 Å². The highest BCUT2D eigenvalue weighted by atomic mass is 32.2. The van der Waals surface area contributed by atoms with Crippen LogP contribution in [-0.4, -0.2) is 48.4 Å². The first kappa shape index (κ1) is 19.9. The quantitative estimate of drug-likeness (QED) is 0.745. The van der Waals surface area contributed by atoms with E-state index in [2.05, 4.69) is 0 Å². The van der Waals surface area contributed by atoms with Gasteiger partial charge in [-0.3, -0.25) is 4.79 Å². The summed E-state index contributed by atoms with van der Waals surface area (Å²) in [5.41, 5.74) is 1.12. The maximum Gasteiger partial charge on any atom is 0.226 e. The van der Waals surface area contributed by atoms with E-state index in [1.54, 1.807) is 4.31 Å². The molecule has 0 bridgehead atoms. The Hall–Kier alpha value is -1.40. The Labute approximate surface area is 152 Å². The van der Waals surface area contributed by atoms with Crippen molar-refractivity contribution in [2.45, 2.75) is 52.6 Å². The Morgan fingerprint density at radius 3 is 2.32 bits per heavy atom. The number of nitrogens with zero attached hydrogens (tertiary/aromatic N) is 2. The highest BCUT2D eigenvalue weighted by molar-refractivity contribution is 7.89. The van der Waals surface area contributed by atoms with Crippen LogP contribution in [-0.2, 0) is 21.4 Å². The second-order valence-electron chi connectivity index (χ2n) is 7.03. The zero-order chi connectivity index (χ0) is 18.4. The molecule has 140 valence electrons. The van der Waals surface area contributed by atoms with Crippen molar-refractivity contribution in [2.75, 3.05) is 18.8 Å². The van der Waals surface area contributed by atoms with E-state index in [1.165, 1.54) is 0 Å². The Morgan fingerprint density at radius 1 is 1.20 bits per heavy atom. The van der Waals surface area contributed by atoms with E-state index < -0.39 is 10.0 Å². The molecule has 1 amide bonds. The lowest BCUT2D eigenvalue weighted by Gasteiger charge is -2.35. The van der Waals surface area contributed by atoms with Crippen LogP contribution in [0.2, 0.25) is 0 Å². The number of sulfonamides is 1. The van der Waals surface area contributed by atoms with Gasteiger partial charge in [-0.2, -0.15) is 0 Å². The molecule has 1 aromatic carbocycles. The maximum atomic E-state index is 13.0. The Kier molecular flexibility index (Phi) is 7.02. The molecule has 0 aliphatic carbocycles. The Balaban J connectivity index is 1.99. The molecular weight excluding hydrogens is 336 g/mol. The van der Waals surface area contributed by atoms with Gasteiger partial charge in [0.2, 0.25) is 15.9 Å². The van der Waals surface area contributed by atoms with Crippen molar-refractivity contribution in [1.82, 2.24) is 9.21 Å². The third-order valence-corrected chi connectivity index (χ3v) is 6.84. The average Bonchev–Trinajstić information content (AvgIpc) is 2.60. The summed E-state index contributed by atoms with van der Waals surface area (Å²) in [4.78, 5) is 14.9. The summed E-state index contributed by atoms with van der Waals surface area (Å²) < 4.78 is 25.9. The van der Waals surface area contributed by atoms with Crippen molar-refractivity contribution in [1.29, 1.82) is 0 Å². The fraction of sp³-hybridized carbons (Fsp3) is 0.632. The minimum absolute atomic E-state index is 0.0841. The van der Waals surface area contributed by atoms with Gasteiger partial charge in [-0.1, -0.05) is 37.3 Å². The molecule has 0 N–H and O–H groups in total. The highest BCUT2D eigenvalue weighted by Gasteiger charge is 2.33. The summed E-state index contributed by atoms with van der Waals surface area (Å²) in [5, 5.41) is 0. The number of carbonyl (C=O) groups is 1. The molecule has 0 aromatic heterocycles. The van der Waals surface area contributed by atoms with Crippen LogP contribution in [0.4, 0.5) is 0 Å². The number of piperidine rings is 1. The monoisotopic (exact) mass is 366 g/mol. The van der Waals surface area contributed by atoms with Gasteiger partial charge in [0.1, 0.15) is 0 Å². The van der Waals surface area contributed by atoms with Gasteiger partial charge in [0.25, 0.3) is 0 Å². The van der Waals surface area contributed by atoms with Gasteiger partial charge in [0.05, 0.1) is 5.75 Å². The lowest BCUT2D eigenvalue weighted by atomic mass is 9.95. The van der Waals surface area contributed by atoms with Gasteiger partial charge in [-0.25, -0.2) is 12.7 Å². The Morgan fingerprint density at radius 2 is 1.80 bits per heavy atom. The third kappa shape index (κ3) is 5.28. The van der Waals surface area contributed by atoms with Crippen LogP contribution in [0.1, 0.15) is 45.6 Å². The number of amides is 1. The van der Waals surface area contributed by atoms with Crippen LogP contribution < -0.4 is 0 Å². The first-order chi connectivity index (χ1) is 11.8. The molecule has 2 rings (SSSR count). The lowest BCUT2D eigenvalue weighted by molar-refractivity contribution is -0.139. The minimum Gasteiger partial charge on any atom is -0.336 e. The van der Waals surface area contributed by atoms with E-state index in [1.807, 2.05) is 56.0 Å². The molecule has 1 heterocycles. The van der Waals surface area contributed by atoms with Crippen LogP contribution in [0.5, 0.6) is 0 Å². The van der Waals surface area contributed by atoms with Crippen LogP contribution >= 0.6 is 0 Å². The topological polar surface area (TPSA) is 57.7 Å². The number of carbonyl (C=O) groups excluding carboxylic acids is 1. The normalized spacial score (nSPS) is 17.0. The molecule has 0 radical (unpaired) electrons. The van der Waals surface area contributed by atoms with Crippen molar-refractivity contribution in [3.05, 3.63) is 35.9 Å². The van der Waals surface area contributed by atoms with Crippen LogP contribution in [0.25, 0.3) is 0 Å². The molecule has 6 heteroatoms. The van der Waals surface area contributed by atoms with Crippen molar-refractivity contribution >= 4 is 15.9 Å². The van der Waals surface area contributed by atoms with Gasteiger partial charge in [0.15, 0.2) is 0 Å². The lowest BCUT2D eigenvalue weighted by Crippen LogP contribution is -2.46. The number of hydrogen-bond acceptors (Lipinski definition) is 3. The smallest absolute Gasteiger partial charge is 0.226 e. The van der Waals surface area contributed by atoms with Crippen LogP contribution in [0, 0.1) is 5.92 Å². The van der Waals surface area contributed by atoms with E-state index >= 15 is 0 Å². The van der Waals surface area contributed by atoms with Gasteiger partial charge in [-0.15, -0.1) is 0 Å². The first-order valence-corrected chi connectivity index (χ1v) is 10.8. The summed E-state index contributed by atoms with van der Waals surface area (Å²) in [5.74, 6) is 0.253. The van der Waals surface area contributed by atoms with E-state index in [9.17, 15) is 13.2 Å². The molecule has 1 fully saturated rings. The second-order valence-corrected chi connectivity index (χ2v) is 9.12. The molecule has 0 atom stereocenters. The molecule has 25 heavy (non-hydrogen) atoms. The summed E-state index contributed by atoms with van der Waals surface area (Å²) in [7, 11) is -3.16. The summed E-state index contributed by atoms with van der Waals surface area (Å²) in [6.07, 6.45) is 1.85.